The number of rotatable bonds is 9. The Morgan fingerprint density at radius 1 is 0.533 bits per heavy atom. The topological polar surface area (TPSA) is 0 Å². The molecule has 0 radical (unpaired) electrons. The van der Waals surface area contributed by atoms with Crippen molar-refractivity contribution in [2.24, 2.45) is 0 Å². The quantitative estimate of drug-likeness (QED) is 0.117. The smallest absolute Gasteiger partial charge is 0.0536 e. The summed E-state index contributed by atoms with van der Waals surface area (Å²) in [5, 5.41) is 0. The van der Waals surface area contributed by atoms with Crippen LogP contribution in [0.5, 0.6) is 0 Å². The van der Waals surface area contributed by atoms with Crippen molar-refractivity contribution >= 4 is 44.4 Å². The van der Waals surface area contributed by atoms with Crippen LogP contribution in [0.1, 0.15) is 95.8 Å². The van der Waals surface area contributed by atoms with Gasteiger partial charge in [-0.15, -0.1) is 24.8 Å². The van der Waals surface area contributed by atoms with Crippen LogP contribution < -0.4 is 0 Å². The van der Waals surface area contributed by atoms with Crippen LogP contribution >= 0.6 is 24.8 Å². The molecule has 2 aliphatic carbocycles. The molecule has 4 aromatic rings. The van der Waals surface area contributed by atoms with Gasteiger partial charge >= 0.3 is 230 Å². The predicted octanol–water partition coefficient (Wildman–Crippen LogP) is 12.3. The SMILES string of the molecule is CCC1=Cc2c(-c3ccccc3)cccc2[CH]1[Hf]([CH3])([SiH3])[CH]1C(CC)=Cc2c(-c3ccccc3)cccc21.CCCCCC.Cl.Cl. The molecule has 0 N–H and O–H groups in total. The third-order valence-electron chi connectivity index (χ3n) is 9.73. The van der Waals surface area contributed by atoms with Crippen LogP contribution in [0.2, 0.25) is 4.68 Å². The number of hydrogen-bond acceptors (Lipinski definition) is 0. The molecule has 0 spiro atoms. The Balaban J connectivity index is 0.000000632. The van der Waals surface area contributed by atoms with Crippen LogP contribution in [-0.4, -0.2) is 7.43 Å². The summed E-state index contributed by atoms with van der Waals surface area (Å²) in [5.41, 5.74) is 15.1. The van der Waals surface area contributed by atoms with E-state index in [4.69, 9.17) is 0 Å². The van der Waals surface area contributed by atoms with E-state index in [9.17, 15) is 0 Å². The van der Waals surface area contributed by atoms with Crippen molar-refractivity contribution in [2.75, 3.05) is 0 Å². The zero-order valence-corrected chi connectivity index (χ0v) is 35.3. The predicted molar refractivity (Wildman–Crippen MR) is 206 cm³/mol. The maximum atomic E-state index is 2.80. The summed E-state index contributed by atoms with van der Waals surface area (Å²) in [6, 6.07) is 36.2. The summed E-state index contributed by atoms with van der Waals surface area (Å²) in [7, 11) is 1.33. The molecule has 0 heterocycles. The number of fused-ring (bicyclic) bond motifs is 2. The molecule has 4 heteroatoms. The molecule has 0 nitrogen and oxygen atoms in total. The molecule has 4 aromatic carbocycles. The molecule has 0 amide bonds. The molecule has 2 atom stereocenters. The summed E-state index contributed by atoms with van der Waals surface area (Å²) >= 11 is -2.91. The van der Waals surface area contributed by atoms with E-state index in [1.54, 1.807) is 22.3 Å². The molecular weight excluding hydrogens is 770 g/mol. The van der Waals surface area contributed by atoms with Crippen molar-refractivity contribution in [2.45, 2.75) is 78.2 Å². The fraction of sp³-hybridized carbons (Fsp3) is 0.317. The summed E-state index contributed by atoms with van der Waals surface area (Å²) in [6.07, 6.45) is 13.0. The first-order valence-electron chi connectivity index (χ1n) is 16.7. The molecule has 0 aromatic heterocycles. The van der Waals surface area contributed by atoms with Crippen molar-refractivity contribution < 1.29 is 19.1 Å². The summed E-state index contributed by atoms with van der Waals surface area (Å²) in [6.45, 7) is 9.22. The fourth-order valence-corrected chi connectivity index (χ4v) is 36.6. The first kappa shape index (κ1) is 37.5. The van der Waals surface area contributed by atoms with Gasteiger partial charge in [0.2, 0.25) is 0 Å². The molecule has 0 saturated carbocycles. The van der Waals surface area contributed by atoms with Gasteiger partial charge in [-0.05, 0) is 0 Å². The van der Waals surface area contributed by atoms with Crippen molar-refractivity contribution in [1.82, 2.24) is 0 Å². The molecule has 0 bridgehead atoms. The Hall–Kier alpha value is -1.97. The van der Waals surface area contributed by atoms with Crippen LogP contribution in [0, 0.1) is 0 Å². The third-order valence-corrected chi connectivity index (χ3v) is 34.8. The van der Waals surface area contributed by atoms with Gasteiger partial charge in [-0.25, -0.2) is 0 Å². The van der Waals surface area contributed by atoms with Crippen molar-refractivity contribution in [3.63, 3.8) is 0 Å². The first-order valence-corrected chi connectivity index (χ1v) is 36.3. The monoisotopic (exact) mass is 822 g/mol. The molecule has 0 fully saturated rings. The van der Waals surface area contributed by atoms with Gasteiger partial charge in [0.1, 0.15) is 0 Å². The van der Waals surface area contributed by atoms with E-state index >= 15 is 0 Å². The van der Waals surface area contributed by atoms with Gasteiger partial charge in [0.15, 0.2) is 0 Å². The Kier molecular flexibility index (Phi) is 14.4. The Labute approximate surface area is 292 Å². The van der Waals surface area contributed by atoms with E-state index in [-0.39, 0.29) is 24.8 Å². The minimum atomic E-state index is -2.91. The summed E-state index contributed by atoms with van der Waals surface area (Å²) < 4.78 is 4.15. The average Bonchev–Trinajstić information content (AvgIpc) is 3.64. The van der Waals surface area contributed by atoms with Crippen LogP contribution in [0.3, 0.4) is 0 Å². The Bertz CT molecular complexity index is 1470. The fourth-order valence-electron chi connectivity index (χ4n) is 7.70. The second-order valence-corrected chi connectivity index (χ2v) is 47.8. The van der Waals surface area contributed by atoms with Crippen molar-refractivity contribution in [3.05, 3.63) is 130 Å². The van der Waals surface area contributed by atoms with Gasteiger partial charge in [0.25, 0.3) is 0 Å². The summed E-state index contributed by atoms with van der Waals surface area (Å²) in [5.74, 6) is 0. The third kappa shape index (κ3) is 7.78. The zero-order valence-electron chi connectivity index (χ0n) is 28.1. The van der Waals surface area contributed by atoms with Gasteiger partial charge < -0.3 is 0 Å². The van der Waals surface area contributed by atoms with Crippen LogP contribution in [0.25, 0.3) is 34.4 Å². The molecule has 2 unspecified atom stereocenters. The van der Waals surface area contributed by atoms with Gasteiger partial charge in [0, 0.05) is 0 Å². The van der Waals surface area contributed by atoms with Crippen molar-refractivity contribution in [3.8, 4) is 22.3 Å². The molecule has 0 saturated heterocycles. The number of unbranched alkanes of at least 4 members (excludes halogenated alkanes) is 3. The Morgan fingerprint density at radius 2 is 0.911 bits per heavy atom. The van der Waals surface area contributed by atoms with E-state index in [1.165, 1.54) is 66.5 Å². The van der Waals surface area contributed by atoms with Crippen LogP contribution in [0.15, 0.2) is 108 Å². The van der Waals surface area contributed by atoms with E-state index in [2.05, 4.69) is 142 Å². The van der Waals surface area contributed by atoms with Gasteiger partial charge in [-0.1, -0.05) is 39.5 Å². The second kappa shape index (κ2) is 17.3. The standard InChI is InChI=1S/2C17H15.C6H14.CH3.2ClH.Hf.H3Si/c2*1-2-13-11-15-9-6-10-16(17(15)12-13)14-7-4-3-5-8-14;1-3-5-6-4-2;;;;;/h2*3-12H,2H2,1H3;3-6H2,1-2H3;1H3;2*1H;;1H3. The van der Waals surface area contributed by atoms with E-state index < -0.39 is 19.1 Å². The largest absolute Gasteiger partial charge is 0.147 e. The maximum Gasteiger partial charge on any atom is -0.0536 e. The normalized spacial score (nSPS) is 17.4. The number of halogens is 2. The Morgan fingerprint density at radius 3 is 1.24 bits per heavy atom. The second-order valence-electron chi connectivity index (χ2n) is 12.9. The van der Waals surface area contributed by atoms with Gasteiger partial charge in [-0.3, -0.25) is 0 Å². The maximum absolute atomic E-state index is 2.91. The van der Waals surface area contributed by atoms with E-state index in [0.29, 0.717) is 7.35 Å². The minimum absolute atomic E-state index is 0. The molecular formula is C41H52Cl2HfSi. The van der Waals surface area contributed by atoms with Crippen molar-refractivity contribution in [1.29, 1.82) is 0 Å². The zero-order chi connectivity index (χ0) is 30.4. The molecule has 238 valence electrons. The van der Waals surface area contributed by atoms with Crippen LogP contribution in [-0.2, 0) is 19.1 Å². The molecule has 0 aliphatic heterocycles. The summed E-state index contributed by atoms with van der Waals surface area (Å²) in [4.78, 5) is 0. The molecule has 2 aliphatic rings. The van der Waals surface area contributed by atoms with Gasteiger partial charge in [-0.2, -0.15) is 0 Å². The first-order chi connectivity index (χ1) is 21.0. The van der Waals surface area contributed by atoms with Crippen LogP contribution in [0.4, 0.5) is 0 Å². The number of hydrogen-bond donors (Lipinski definition) is 0. The molecule has 6 rings (SSSR count). The average molecular weight is 822 g/mol. The molecule has 45 heavy (non-hydrogen) atoms. The number of allylic oxidation sites excluding steroid dienone is 2. The van der Waals surface area contributed by atoms with E-state index in [1.807, 2.05) is 0 Å². The number of benzene rings is 4. The van der Waals surface area contributed by atoms with Gasteiger partial charge in [0.05, 0.1) is 0 Å². The minimum Gasteiger partial charge on any atom is -0.147 e. The van der Waals surface area contributed by atoms with E-state index in [0.717, 1.165) is 12.8 Å².